The largest absolute Gasteiger partial charge is 0.464 e. The molecule has 6 bridgehead atoms. The highest BCUT2D eigenvalue weighted by atomic mass is 32.1. The summed E-state index contributed by atoms with van der Waals surface area (Å²) in [6, 6.07) is 7.44. The number of aromatic nitrogens is 5. The van der Waals surface area contributed by atoms with E-state index in [1.807, 2.05) is 24.0 Å². The predicted molar refractivity (Wildman–Crippen MR) is 299 cm³/mol. The Balaban J connectivity index is 0.987. The van der Waals surface area contributed by atoms with Gasteiger partial charge in [0.15, 0.2) is 0 Å². The van der Waals surface area contributed by atoms with Gasteiger partial charge < -0.3 is 38.3 Å². The number of hydrazine groups is 1. The number of thiazole rings is 1. The second-order valence-electron chi connectivity index (χ2n) is 24.0. The van der Waals surface area contributed by atoms with Gasteiger partial charge in [-0.3, -0.25) is 34.2 Å². The highest BCUT2D eigenvalue weighted by molar-refractivity contribution is 7.10. The lowest BCUT2D eigenvalue weighted by Crippen LogP contribution is -2.62. The number of hydrogen-bond acceptors (Lipinski definition) is 15. The first-order valence-electron chi connectivity index (χ1n) is 28.9. The molecule has 4 aromatic heterocycles. The van der Waals surface area contributed by atoms with Crippen molar-refractivity contribution < 1.29 is 33.3 Å². The summed E-state index contributed by atoms with van der Waals surface area (Å²) in [4.78, 5) is 67.3. The molecule has 0 radical (unpaired) electrons. The number of nitrogens with zero attached hydrogens (tertiary/aromatic N) is 9. The van der Waals surface area contributed by atoms with Crippen LogP contribution in [0.4, 0.5) is 5.69 Å². The quantitative estimate of drug-likeness (QED) is 0.115. The Morgan fingerprint density at radius 2 is 1.77 bits per heavy atom. The molecule has 0 unspecified atom stereocenters. The number of benzene rings is 1. The van der Waals surface area contributed by atoms with E-state index < -0.39 is 29.5 Å². The molecule has 5 aromatic rings. The number of likely N-dealkylation sites (tertiary alicyclic amines) is 1. The van der Waals surface area contributed by atoms with E-state index in [0.29, 0.717) is 52.2 Å². The number of pyridine rings is 1. The summed E-state index contributed by atoms with van der Waals surface area (Å²) in [5.74, 6) is -1.20. The Hall–Kier alpha value is -5.28. The average Bonchev–Trinajstić information content (AvgIpc) is 4.23. The van der Waals surface area contributed by atoms with Crippen LogP contribution in [-0.2, 0) is 53.3 Å². The second kappa shape index (κ2) is 22.3. The number of anilines is 1. The van der Waals surface area contributed by atoms with Gasteiger partial charge in [0.05, 0.1) is 72.5 Å². The molecule has 2 saturated carbocycles. The van der Waals surface area contributed by atoms with Gasteiger partial charge in [-0.15, -0.1) is 11.3 Å². The van der Waals surface area contributed by atoms with E-state index >= 15 is 4.79 Å². The maximum Gasteiger partial charge on any atom is 0.324 e. The van der Waals surface area contributed by atoms with Gasteiger partial charge in [0, 0.05) is 124 Å². The Labute approximate surface area is 462 Å². The number of rotatable bonds is 13. The minimum atomic E-state index is -0.990. The molecule has 7 atom stereocenters. The SMILES string of the molecule is CO[C@@H](C)c1ncc(N2CCN(C3CC3)CC2)cc1-c1c2c3cc(ccc3n1CCOC1CCOCC1)-c1csc(n1)[C@@H](N1CCCC1)[C@H](NC(=O)[C@@H]1[C@@H](C)[C@H]1c1cn(C)cn1)C(=O)N1CCC[C@H](N1)C(=O)OCC(C)(C)C2. The Morgan fingerprint density at radius 3 is 2.51 bits per heavy atom. The van der Waals surface area contributed by atoms with Crippen molar-refractivity contribution in [3.05, 3.63) is 70.3 Å². The number of nitrogens with one attached hydrogen (secondary N) is 2. The van der Waals surface area contributed by atoms with Gasteiger partial charge in [0.1, 0.15) is 17.1 Å². The fourth-order valence-corrected chi connectivity index (χ4v) is 14.2. The zero-order valence-electron chi connectivity index (χ0n) is 46.5. The molecule has 78 heavy (non-hydrogen) atoms. The molecule has 2 aliphatic carbocycles. The lowest BCUT2D eigenvalue weighted by Gasteiger charge is -2.39. The molecular formula is C59H79N11O7S. The molecule has 5 aliphatic heterocycles. The number of piperazine rings is 1. The minimum absolute atomic E-state index is 0.0497. The van der Waals surface area contributed by atoms with Crippen LogP contribution in [0.15, 0.2) is 48.4 Å². The number of imidazole rings is 1. The van der Waals surface area contributed by atoms with Gasteiger partial charge in [0.25, 0.3) is 5.91 Å². The van der Waals surface area contributed by atoms with Crippen molar-refractivity contribution in [1.29, 1.82) is 0 Å². The second-order valence-corrected chi connectivity index (χ2v) is 24.9. The Bertz CT molecular complexity index is 2980. The molecule has 9 heterocycles. The van der Waals surface area contributed by atoms with Gasteiger partial charge in [-0.25, -0.2) is 15.4 Å². The first kappa shape index (κ1) is 53.4. The smallest absolute Gasteiger partial charge is 0.324 e. The number of carbonyl (C=O) groups is 3. The number of esters is 1. The number of methoxy groups -OCH3 is 1. The van der Waals surface area contributed by atoms with Crippen molar-refractivity contribution in [3.63, 3.8) is 0 Å². The van der Waals surface area contributed by atoms with Gasteiger partial charge >= 0.3 is 5.97 Å². The third-order valence-corrected chi connectivity index (χ3v) is 18.8. The van der Waals surface area contributed by atoms with Gasteiger partial charge in [-0.05, 0) is 107 Å². The number of cyclic esters (lactones) is 1. The molecule has 0 spiro atoms. The average molecular weight is 1090 g/mol. The number of aryl methyl sites for hydroxylation is 1. The number of hydrogen-bond donors (Lipinski definition) is 2. The monoisotopic (exact) mass is 1090 g/mol. The summed E-state index contributed by atoms with van der Waals surface area (Å²) in [5.41, 5.74) is 11.6. The van der Waals surface area contributed by atoms with E-state index in [9.17, 15) is 9.59 Å². The van der Waals surface area contributed by atoms with Gasteiger partial charge in [-0.1, -0.05) is 26.8 Å². The maximum atomic E-state index is 15.4. The van der Waals surface area contributed by atoms with E-state index in [1.54, 1.807) is 18.4 Å². The maximum absolute atomic E-state index is 15.4. The van der Waals surface area contributed by atoms with Crippen molar-refractivity contribution in [3.8, 4) is 22.5 Å². The van der Waals surface area contributed by atoms with Gasteiger partial charge in [0.2, 0.25) is 5.91 Å². The molecular weight excluding hydrogens is 1010 g/mol. The first-order chi connectivity index (χ1) is 37.8. The van der Waals surface area contributed by atoms with Crippen LogP contribution < -0.4 is 15.6 Å². The molecule has 7 aliphatic rings. The van der Waals surface area contributed by atoms with E-state index in [4.69, 9.17) is 28.9 Å². The zero-order valence-corrected chi connectivity index (χ0v) is 47.3. The Kier molecular flexibility index (Phi) is 15.3. The van der Waals surface area contributed by atoms with Crippen LogP contribution in [-0.4, -0.2) is 160 Å². The normalized spacial score (nSPS) is 27.0. The lowest BCUT2D eigenvalue weighted by molar-refractivity contribution is -0.156. The minimum Gasteiger partial charge on any atom is -0.464 e. The molecule has 18 nitrogen and oxygen atoms in total. The number of amides is 2. The summed E-state index contributed by atoms with van der Waals surface area (Å²) in [6.45, 7) is 16.9. The Morgan fingerprint density at radius 1 is 0.974 bits per heavy atom. The lowest BCUT2D eigenvalue weighted by atomic mass is 9.84. The summed E-state index contributed by atoms with van der Waals surface area (Å²) in [5, 5.41) is 8.84. The first-order valence-corrected chi connectivity index (χ1v) is 29.8. The molecule has 2 amide bonds. The fraction of sp³-hybridized carbons (Fsp3) is 0.627. The van der Waals surface area contributed by atoms with Crippen LogP contribution in [0.2, 0.25) is 0 Å². The van der Waals surface area contributed by atoms with Crippen LogP contribution in [0, 0.1) is 17.3 Å². The van der Waals surface area contributed by atoms with Crippen molar-refractivity contribution in [2.45, 2.75) is 134 Å². The molecule has 2 N–H and O–H groups in total. The topological polar surface area (TPSA) is 174 Å². The molecule has 19 heteroatoms. The van der Waals surface area contributed by atoms with Crippen molar-refractivity contribution in [2.24, 2.45) is 24.3 Å². The molecule has 1 aromatic carbocycles. The van der Waals surface area contributed by atoms with E-state index in [2.05, 4.69) is 92.3 Å². The molecule has 418 valence electrons. The van der Waals surface area contributed by atoms with Crippen LogP contribution in [0.25, 0.3) is 33.4 Å². The van der Waals surface area contributed by atoms with Crippen molar-refractivity contribution in [2.75, 3.05) is 84.3 Å². The van der Waals surface area contributed by atoms with Crippen molar-refractivity contribution in [1.82, 2.24) is 49.6 Å². The molecule has 4 saturated heterocycles. The van der Waals surface area contributed by atoms with Crippen LogP contribution in [0.3, 0.4) is 0 Å². The third-order valence-electron chi connectivity index (χ3n) is 17.9. The standard InChI is InChI=1S/C59H79N11O7S/c1-36-49(46-32-65(5)35-61-46)50(36)55(71)63-52-54(68-17-7-8-18-68)56-62-47(33-78-56)38-11-14-48-42(28-38)44(30-59(3,4)34-77-58(73)45-10-9-19-70(64-45)57(52)72)53(69(48)24-27-76-41-15-25-75-26-16-41)43-29-40(31-60-51(43)37(2)74-6)67-22-20-66(21-23-67)39-12-13-39/h11,14,28-29,31-33,35-37,39,41,45,49-50,52,54,64H,7-10,12-13,15-27,30,34H2,1-6H3,(H,63,71)/t36-,37-,45-,49-,50+,52-,54-/m0/s1. The third kappa shape index (κ3) is 10.9. The summed E-state index contributed by atoms with van der Waals surface area (Å²) >= 11 is 1.53. The highest BCUT2D eigenvalue weighted by Crippen LogP contribution is 2.53. The molecule has 6 fully saturated rings. The fourth-order valence-electron chi connectivity index (χ4n) is 13.2. The van der Waals surface area contributed by atoms with Gasteiger partial charge in [-0.2, -0.15) is 0 Å². The van der Waals surface area contributed by atoms with E-state index in [0.717, 1.165) is 132 Å². The van der Waals surface area contributed by atoms with Crippen LogP contribution >= 0.6 is 11.3 Å². The van der Waals surface area contributed by atoms with Crippen molar-refractivity contribution >= 4 is 45.7 Å². The highest BCUT2D eigenvalue weighted by Gasteiger charge is 2.55. The predicted octanol–water partition coefficient (Wildman–Crippen LogP) is 7.04. The summed E-state index contributed by atoms with van der Waals surface area (Å²) in [6.07, 6.45) is 13.5. The van der Waals surface area contributed by atoms with E-state index in [-0.39, 0.29) is 48.4 Å². The van der Waals surface area contributed by atoms with E-state index in [1.165, 1.54) is 24.2 Å². The summed E-state index contributed by atoms with van der Waals surface area (Å²) in [7, 11) is 3.68. The molecule has 12 rings (SSSR count). The van der Waals surface area contributed by atoms with Crippen LogP contribution in [0.5, 0.6) is 0 Å². The van der Waals surface area contributed by atoms with Crippen LogP contribution in [0.1, 0.15) is 119 Å². The summed E-state index contributed by atoms with van der Waals surface area (Å²) < 4.78 is 29.3. The number of carbonyl (C=O) groups excluding carboxylic acids is 3. The zero-order chi connectivity index (χ0) is 53.8. The number of ether oxygens (including phenoxy) is 4. The number of fused-ring (bicyclic) bond motifs is 6.